The van der Waals surface area contributed by atoms with Crippen LogP contribution in [0.3, 0.4) is 0 Å². The predicted octanol–water partition coefficient (Wildman–Crippen LogP) is 5.08. The summed E-state index contributed by atoms with van der Waals surface area (Å²) in [6, 6.07) is 15.6. The summed E-state index contributed by atoms with van der Waals surface area (Å²) in [7, 11) is 0. The smallest absolute Gasteiger partial charge is 0.101 e. The van der Waals surface area contributed by atoms with Gasteiger partial charge in [-0.25, -0.2) is 4.98 Å². The van der Waals surface area contributed by atoms with Crippen LogP contribution >= 0.6 is 22.9 Å². The summed E-state index contributed by atoms with van der Waals surface area (Å²) < 4.78 is 1.16. The molecule has 6 heteroatoms. The number of nitrogens with zero attached hydrogens (tertiary/aromatic N) is 4. The fraction of sp³-hybridized carbons (Fsp3) is 0.250. The summed E-state index contributed by atoms with van der Waals surface area (Å²) in [6.45, 7) is 1.63. The molecule has 0 amide bonds. The molecule has 1 aliphatic rings. The van der Waals surface area contributed by atoms with Crippen LogP contribution in [-0.4, -0.2) is 18.1 Å². The summed E-state index contributed by atoms with van der Waals surface area (Å²) in [5.41, 5.74) is 2.86. The number of thiazole rings is 1. The highest BCUT2D eigenvalue weighted by Crippen LogP contribution is 2.37. The highest BCUT2D eigenvalue weighted by Gasteiger charge is 2.26. The Hall–Kier alpha value is -2.60. The van der Waals surface area contributed by atoms with E-state index in [1.807, 2.05) is 18.2 Å². The molecule has 1 aliphatic heterocycles. The maximum atomic E-state index is 9.40. The first-order valence-electron chi connectivity index (χ1n) is 8.43. The van der Waals surface area contributed by atoms with Crippen molar-refractivity contribution in [2.24, 2.45) is 0 Å². The predicted molar refractivity (Wildman–Crippen MR) is 105 cm³/mol. The average Bonchev–Trinajstić information content (AvgIpc) is 3.10. The zero-order chi connectivity index (χ0) is 18.1. The molecule has 4 rings (SSSR count). The molecule has 3 aromatic rings. The second-order valence-corrected chi connectivity index (χ2v) is 7.85. The number of hydrogen-bond donors (Lipinski definition) is 0. The summed E-state index contributed by atoms with van der Waals surface area (Å²) in [6.07, 6.45) is 1.91. The molecule has 0 N–H and O–H groups in total. The summed E-state index contributed by atoms with van der Waals surface area (Å²) in [4.78, 5) is 6.94. The van der Waals surface area contributed by atoms with E-state index in [0.29, 0.717) is 22.1 Å². The number of nitriles is 2. The van der Waals surface area contributed by atoms with Crippen LogP contribution in [0.4, 0.5) is 5.69 Å². The SMILES string of the molecule is N#Cc1cccc(C#N)c1N1CCC(c2nc3cc(Cl)ccc3s2)CC1. The average molecular weight is 379 g/mol. The monoisotopic (exact) mass is 378 g/mol. The molecule has 1 aromatic heterocycles. The maximum Gasteiger partial charge on any atom is 0.101 e. The number of benzene rings is 2. The van der Waals surface area contributed by atoms with Crippen LogP contribution < -0.4 is 4.90 Å². The zero-order valence-corrected chi connectivity index (χ0v) is 15.5. The Labute approximate surface area is 160 Å². The Morgan fingerprint density at radius 3 is 2.42 bits per heavy atom. The van der Waals surface area contributed by atoms with E-state index in [0.717, 1.165) is 46.8 Å². The third-order valence-corrected chi connectivity index (χ3v) is 6.24. The lowest BCUT2D eigenvalue weighted by Crippen LogP contribution is -2.34. The van der Waals surface area contributed by atoms with Gasteiger partial charge in [-0.15, -0.1) is 11.3 Å². The molecule has 0 bridgehead atoms. The minimum atomic E-state index is 0.405. The molecule has 0 atom stereocenters. The van der Waals surface area contributed by atoms with Gasteiger partial charge in [0, 0.05) is 24.0 Å². The zero-order valence-electron chi connectivity index (χ0n) is 13.9. The fourth-order valence-corrected chi connectivity index (χ4v) is 4.79. The molecule has 2 heterocycles. The standard InChI is InChI=1S/C20H15ClN4S/c21-16-4-5-18-17(10-16)24-20(26-18)13-6-8-25(9-7-13)19-14(11-22)2-1-3-15(19)12-23/h1-5,10,13H,6-9H2. The Morgan fingerprint density at radius 1 is 1.08 bits per heavy atom. The lowest BCUT2D eigenvalue weighted by molar-refractivity contribution is 0.504. The second-order valence-electron chi connectivity index (χ2n) is 6.35. The molecule has 0 radical (unpaired) electrons. The molecule has 1 saturated heterocycles. The van der Waals surface area contributed by atoms with Gasteiger partial charge in [0.2, 0.25) is 0 Å². The summed E-state index contributed by atoms with van der Waals surface area (Å²) in [5, 5.41) is 20.7. The fourth-order valence-electron chi connectivity index (χ4n) is 3.51. The Kier molecular flexibility index (Phi) is 4.51. The molecule has 0 aliphatic carbocycles. The van der Waals surface area contributed by atoms with Crippen molar-refractivity contribution in [2.45, 2.75) is 18.8 Å². The number of aromatic nitrogens is 1. The number of para-hydroxylation sites is 1. The van der Waals surface area contributed by atoms with Gasteiger partial charge >= 0.3 is 0 Å². The van der Waals surface area contributed by atoms with Gasteiger partial charge in [-0.05, 0) is 43.2 Å². The van der Waals surface area contributed by atoms with E-state index in [1.54, 1.807) is 29.5 Å². The number of halogens is 1. The normalized spacial score (nSPS) is 15.0. The van der Waals surface area contributed by atoms with E-state index in [2.05, 4.69) is 17.0 Å². The first-order valence-corrected chi connectivity index (χ1v) is 9.63. The van der Waals surface area contributed by atoms with Gasteiger partial charge in [0.05, 0.1) is 32.0 Å². The molecule has 0 spiro atoms. The van der Waals surface area contributed by atoms with Crippen molar-refractivity contribution in [1.82, 2.24) is 4.98 Å². The third-order valence-electron chi connectivity index (χ3n) is 4.80. The van der Waals surface area contributed by atoms with E-state index in [9.17, 15) is 10.5 Å². The van der Waals surface area contributed by atoms with E-state index in [-0.39, 0.29) is 0 Å². The van der Waals surface area contributed by atoms with Crippen molar-refractivity contribution in [1.29, 1.82) is 10.5 Å². The largest absolute Gasteiger partial charge is 0.369 e. The molecule has 0 unspecified atom stereocenters. The highest BCUT2D eigenvalue weighted by atomic mass is 35.5. The van der Waals surface area contributed by atoms with Crippen LogP contribution in [-0.2, 0) is 0 Å². The van der Waals surface area contributed by atoms with E-state index in [4.69, 9.17) is 16.6 Å². The molecular weight excluding hydrogens is 364 g/mol. The van der Waals surface area contributed by atoms with Crippen LogP contribution in [0, 0.1) is 22.7 Å². The van der Waals surface area contributed by atoms with Crippen molar-refractivity contribution < 1.29 is 0 Å². The molecule has 128 valence electrons. The van der Waals surface area contributed by atoms with Crippen molar-refractivity contribution in [3.63, 3.8) is 0 Å². The number of piperidine rings is 1. The topological polar surface area (TPSA) is 63.7 Å². The van der Waals surface area contributed by atoms with Gasteiger partial charge in [-0.3, -0.25) is 0 Å². The quantitative estimate of drug-likeness (QED) is 0.624. The summed E-state index contributed by atoms with van der Waals surface area (Å²) >= 11 is 7.79. The Bertz CT molecular complexity index is 1020. The number of rotatable bonds is 2. The van der Waals surface area contributed by atoms with Crippen molar-refractivity contribution in [3.8, 4) is 12.1 Å². The Morgan fingerprint density at radius 2 is 1.77 bits per heavy atom. The lowest BCUT2D eigenvalue weighted by atomic mass is 9.95. The molecule has 1 fully saturated rings. The van der Waals surface area contributed by atoms with Gasteiger partial charge < -0.3 is 4.90 Å². The minimum Gasteiger partial charge on any atom is -0.369 e. The Balaban J connectivity index is 1.56. The molecule has 26 heavy (non-hydrogen) atoms. The van der Waals surface area contributed by atoms with Crippen LogP contribution in [0.25, 0.3) is 10.2 Å². The first-order chi connectivity index (χ1) is 12.7. The van der Waals surface area contributed by atoms with E-state index in [1.165, 1.54) is 0 Å². The van der Waals surface area contributed by atoms with Crippen molar-refractivity contribution in [2.75, 3.05) is 18.0 Å². The molecular formula is C20H15ClN4S. The van der Waals surface area contributed by atoms with Gasteiger partial charge in [0.15, 0.2) is 0 Å². The van der Waals surface area contributed by atoms with Crippen molar-refractivity contribution in [3.05, 3.63) is 57.6 Å². The molecule has 0 saturated carbocycles. The maximum absolute atomic E-state index is 9.40. The van der Waals surface area contributed by atoms with Crippen LogP contribution in [0.1, 0.15) is 34.9 Å². The van der Waals surface area contributed by atoms with Gasteiger partial charge in [0.1, 0.15) is 12.1 Å². The van der Waals surface area contributed by atoms with Crippen LogP contribution in [0.5, 0.6) is 0 Å². The molecule has 4 nitrogen and oxygen atoms in total. The minimum absolute atomic E-state index is 0.405. The lowest BCUT2D eigenvalue weighted by Gasteiger charge is -2.33. The highest BCUT2D eigenvalue weighted by molar-refractivity contribution is 7.18. The first kappa shape index (κ1) is 16.8. The van der Waals surface area contributed by atoms with E-state index >= 15 is 0 Å². The van der Waals surface area contributed by atoms with Gasteiger partial charge in [0.25, 0.3) is 0 Å². The van der Waals surface area contributed by atoms with Crippen LogP contribution in [0.2, 0.25) is 5.02 Å². The van der Waals surface area contributed by atoms with E-state index < -0.39 is 0 Å². The van der Waals surface area contributed by atoms with Crippen molar-refractivity contribution >= 4 is 38.8 Å². The summed E-state index contributed by atoms with van der Waals surface area (Å²) in [5.74, 6) is 0.405. The number of hydrogen-bond acceptors (Lipinski definition) is 5. The number of anilines is 1. The van der Waals surface area contributed by atoms with Crippen LogP contribution in [0.15, 0.2) is 36.4 Å². The van der Waals surface area contributed by atoms with Gasteiger partial charge in [-0.1, -0.05) is 17.7 Å². The second kappa shape index (κ2) is 6.96. The third kappa shape index (κ3) is 3.01. The molecule has 2 aromatic carbocycles. The van der Waals surface area contributed by atoms with Gasteiger partial charge in [-0.2, -0.15) is 10.5 Å². The number of fused-ring (bicyclic) bond motifs is 1.